The summed E-state index contributed by atoms with van der Waals surface area (Å²) in [5.41, 5.74) is 0.885. The van der Waals surface area contributed by atoms with E-state index in [9.17, 15) is 4.79 Å². The Morgan fingerprint density at radius 3 is 2.57 bits per heavy atom. The molecule has 0 aromatic heterocycles. The number of urea groups is 1. The maximum Gasteiger partial charge on any atom is 0.317 e. The van der Waals surface area contributed by atoms with Crippen LogP contribution in [-0.4, -0.2) is 30.6 Å². The summed E-state index contributed by atoms with van der Waals surface area (Å²) in [6, 6.07) is 7.87. The highest BCUT2D eigenvalue weighted by Crippen LogP contribution is 2.29. The van der Waals surface area contributed by atoms with Crippen molar-refractivity contribution >= 4 is 17.6 Å². The van der Waals surface area contributed by atoms with Crippen LogP contribution >= 0.6 is 11.6 Å². The Labute approximate surface area is 132 Å². The van der Waals surface area contributed by atoms with Gasteiger partial charge in [0.1, 0.15) is 0 Å². The van der Waals surface area contributed by atoms with Crippen molar-refractivity contribution in [3.05, 3.63) is 34.9 Å². The van der Waals surface area contributed by atoms with Gasteiger partial charge in [0.25, 0.3) is 0 Å². The van der Waals surface area contributed by atoms with Gasteiger partial charge in [0, 0.05) is 30.1 Å². The van der Waals surface area contributed by atoms with Gasteiger partial charge in [-0.2, -0.15) is 0 Å². The lowest BCUT2D eigenvalue weighted by molar-refractivity contribution is 0.172. The summed E-state index contributed by atoms with van der Waals surface area (Å²) in [6.07, 6.45) is 2.20. The third kappa shape index (κ3) is 4.13. The van der Waals surface area contributed by atoms with Gasteiger partial charge in [0.15, 0.2) is 0 Å². The number of amides is 2. The minimum absolute atomic E-state index is 0.0435. The second-order valence-corrected chi connectivity index (χ2v) is 7.10. The number of carbonyl (C=O) groups is 1. The maximum atomic E-state index is 12.2. The molecule has 0 atom stereocenters. The smallest absolute Gasteiger partial charge is 0.317 e. The molecule has 4 heteroatoms. The molecule has 1 saturated heterocycles. The van der Waals surface area contributed by atoms with Gasteiger partial charge >= 0.3 is 6.03 Å². The first-order valence-corrected chi connectivity index (χ1v) is 8.06. The van der Waals surface area contributed by atoms with Gasteiger partial charge in [-0.1, -0.05) is 50.6 Å². The van der Waals surface area contributed by atoms with Crippen LogP contribution in [0, 0.1) is 5.92 Å². The fraction of sp³-hybridized carbons (Fsp3) is 0.588. The molecule has 3 nitrogen and oxygen atoms in total. The minimum atomic E-state index is -0.183. The molecule has 2 amide bonds. The molecule has 1 aliphatic rings. The number of benzene rings is 1. The average molecular weight is 309 g/mol. The van der Waals surface area contributed by atoms with Gasteiger partial charge in [-0.3, -0.25) is 0 Å². The predicted octanol–water partition coefficient (Wildman–Crippen LogP) is 4.06. The van der Waals surface area contributed by atoms with Crippen LogP contribution in [0.3, 0.4) is 0 Å². The number of piperidine rings is 1. The van der Waals surface area contributed by atoms with Crippen molar-refractivity contribution in [1.29, 1.82) is 0 Å². The van der Waals surface area contributed by atoms with Crippen LogP contribution in [0.15, 0.2) is 24.3 Å². The topological polar surface area (TPSA) is 32.3 Å². The third-order valence-corrected chi connectivity index (χ3v) is 4.68. The molecule has 116 valence electrons. The average Bonchev–Trinajstić information content (AvgIpc) is 2.46. The van der Waals surface area contributed by atoms with E-state index in [-0.39, 0.29) is 11.4 Å². The number of halogens is 1. The van der Waals surface area contributed by atoms with Crippen LogP contribution in [0.2, 0.25) is 5.02 Å². The summed E-state index contributed by atoms with van der Waals surface area (Å²) < 4.78 is 0. The molecule has 0 radical (unpaired) electrons. The number of hydrogen-bond acceptors (Lipinski definition) is 1. The summed E-state index contributed by atoms with van der Waals surface area (Å²) in [6.45, 7) is 8.76. The Hall–Kier alpha value is -1.22. The fourth-order valence-electron chi connectivity index (χ4n) is 2.73. The van der Waals surface area contributed by atoms with E-state index in [1.54, 1.807) is 0 Å². The normalized spacial score (nSPS) is 16.9. The van der Waals surface area contributed by atoms with Crippen LogP contribution < -0.4 is 5.32 Å². The number of likely N-dealkylation sites (tertiary alicyclic amines) is 1. The zero-order valence-electron chi connectivity index (χ0n) is 13.2. The molecule has 1 heterocycles. The van der Waals surface area contributed by atoms with Gasteiger partial charge in [-0.05, 0) is 30.4 Å². The maximum absolute atomic E-state index is 12.2. The van der Waals surface area contributed by atoms with E-state index in [1.807, 2.05) is 29.2 Å². The van der Waals surface area contributed by atoms with Crippen molar-refractivity contribution in [1.82, 2.24) is 10.2 Å². The van der Waals surface area contributed by atoms with Crippen LogP contribution in [0.4, 0.5) is 4.79 Å². The van der Waals surface area contributed by atoms with E-state index in [1.165, 1.54) is 0 Å². The number of carbonyl (C=O) groups excluding carboxylic acids is 1. The fourth-order valence-corrected chi connectivity index (χ4v) is 3.12. The Morgan fingerprint density at radius 2 is 1.95 bits per heavy atom. The van der Waals surface area contributed by atoms with Gasteiger partial charge in [0.2, 0.25) is 0 Å². The zero-order chi connectivity index (χ0) is 15.5. The molecule has 0 unspecified atom stereocenters. The second-order valence-electron chi connectivity index (χ2n) is 6.69. The molecule has 1 aromatic rings. The molecular formula is C17H25ClN2O. The van der Waals surface area contributed by atoms with Crippen molar-refractivity contribution in [2.75, 3.05) is 19.6 Å². The molecule has 21 heavy (non-hydrogen) atoms. The molecular weight excluding hydrogens is 284 g/mol. The third-order valence-electron chi connectivity index (χ3n) is 4.36. The lowest BCUT2D eigenvalue weighted by atomic mass is 9.84. The first kappa shape index (κ1) is 16.2. The van der Waals surface area contributed by atoms with Crippen LogP contribution in [0.25, 0.3) is 0 Å². The van der Waals surface area contributed by atoms with Crippen LogP contribution in [-0.2, 0) is 5.41 Å². The van der Waals surface area contributed by atoms with Crippen molar-refractivity contribution < 1.29 is 4.79 Å². The second kappa shape index (κ2) is 6.69. The highest BCUT2D eigenvalue weighted by molar-refractivity contribution is 6.31. The Kier molecular flexibility index (Phi) is 5.15. The van der Waals surface area contributed by atoms with E-state index in [0.717, 1.165) is 42.4 Å². The van der Waals surface area contributed by atoms with Gasteiger partial charge in [-0.15, -0.1) is 0 Å². The quantitative estimate of drug-likeness (QED) is 0.897. The summed E-state index contributed by atoms with van der Waals surface area (Å²) in [5.74, 6) is 0.730. The number of nitrogens with one attached hydrogen (secondary N) is 1. The molecule has 1 aromatic carbocycles. The molecule has 0 saturated carbocycles. The molecule has 1 N–H and O–H groups in total. The number of rotatable bonds is 3. The number of nitrogens with zero attached hydrogens (tertiary/aromatic N) is 1. The van der Waals surface area contributed by atoms with E-state index in [0.29, 0.717) is 6.54 Å². The molecule has 2 rings (SSSR count). The Bertz CT molecular complexity index is 493. The largest absolute Gasteiger partial charge is 0.337 e. The predicted molar refractivity (Wildman–Crippen MR) is 87.8 cm³/mol. The molecule has 0 spiro atoms. The molecule has 0 aliphatic carbocycles. The Balaban J connectivity index is 1.92. The van der Waals surface area contributed by atoms with Crippen molar-refractivity contribution in [2.24, 2.45) is 5.92 Å². The first-order chi connectivity index (χ1) is 9.90. The summed E-state index contributed by atoms with van der Waals surface area (Å²) in [7, 11) is 0. The van der Waals surface area contributed by atoms with Crippen LogP contribution in [0.1, 0.15) is 39.2 Å². The van der Waals surface area contributed by atoms with E-state index >= 15 is 0 Å². The van der Waals surface area contributed by atoms with Crippen LogP contribution in [0.5, 0.6) is 0 Å². The molecule has 1 fully saturated rings. The van der Waals surface area contributed by atoms with Crippen molar-refractivity contribution in [2.45, 2.75) is 39.0 Å². The summed E-state index contributed by atoms with van der Waals surface area (Å²) in [4.78, 5) is 14.2. The van der Waals surface area contributed by atoms with E-state index < -0.39 is 0 Å². The first-order valence-electron chi connectivity index (χ1n) is 7.68. The number of hydrogen-bond donors (Lipinski definition) is 1. The summed E-state index contributed by atoms with van der Waals surface area (Å²) >= 11 is 6.27. The lowest BCUT2D eigenvalue weighted by Crippen LogP contribution is -2.47. The highest BCUT2D eigenvalue weighted by Gasteiger charge is 2.26. The van der Waals surface area contributed by atoms with E-state index in [4.69, 9.17) is 11.6 Å². The Morgan fingerprint density at radius 1 is 1.33 bits per heavy atom. The minimum Gasteiger partial charge on any atom is -0.337 e. The van der Waals surface area contributed by atoms with Crippen molar-refractivity contribution in [3.63, 3.8) is 0 Å². The SMILES string of the molecule is CC1CCN(C(=O)NCC(C)(C)c2ccccc2Cl)CC1. The molecule has 1 aliphatic heterocycles. The molecule has 0 bridgehead atoms. The van der Waals surface area contributed by atoms with Crippen molar-refractivity contribution in [3.8, 4) is 0 Å². The van der Waals surface area contributed by atoms with Gasteiger partial charge in [-0.25, -0.2) is 4.79 Å². The monoisotopic (exact) mass is 308 g/mol. The lowest BCUT2D eigenvalue weighted by Gasteiger charge is -2.32. The highest BCUT2D eigenvalue weighted by atomic mass is 35.5. The zero-order valence-corrected chi connectivity index (χ0v) is 13.9. The van der Waals surface area contributed by atoms with Gasteiger partial charge < -0.3 is 10.2 Å². The van der Waals surface area contributed by atoms with Gasteiger partial charge in [0.05, 0.1) is 0 Å². The van der Waals surface area contributed by atoms with E-state index in [2.05, 4.69) is 26.1 Å². The summed E-state index contributed by atoms with van der Waals surface area (Å²) in [5, 5.41) is 3.81. The standard InChI is InChI=1S/C17H25ClN2O/c1-13-8-10-20(11-9-13)16(21)19-12-17(2,3)14-6-4-5-7-15(14)18/h4-7,13H,8-12H2,1-3H3,(H,19,21).